The third kappa shape index (κ3) is 4.42. The average molecular weight is 428 g/mol. The van der Waals surface area contributed by atoms with Crippen LogP contribution in [0.1, 0.15) is 36.7 Å². The lowest BCUT2D eigenvalue weighted by atomic mass is 9.87. The van der Waals surface area contributed by atoms with E-state index in [1.807, 2.05) is 36.4 Å². The Bertz CT molecular complexity index is 1330. The van der Waals surface area contributed by atoms with E-state index in [0.717, 1.165) is 16.9 Å². The minimum atomic E-state index is -0.224. The highest BCUT2D eigenvalue weighted by Gasteiger charge is 2.15. The molecule has 1 heterocycles. The third-order valence-corrected chi connectivity index (χ3v) is 5.37. The Hall–Kier alpha value is -3.86. The van der Waals surface area contributed by atoms with Crippen LogP contribution in [0.15, 0.2) is 82.0 Å². The first-order valence-electron chi connectivity index (χ1n) is 10.4. The molecule has 0 bridgehead atoms. The van der Waals surface area contributed by atoms with Crippen LogP contribution in [0.2, 0.25) is 0 Å². The molecule has 0 aliphatic heterocycles. The second kappa shape index (κ2) is 8.35. The molecule has 162 valence electrons. The maximum Gasteiger partial charge on any atom is 0.255 e. The SMILES string of the molecule is COc1ccc(-c2cc(=O)c3ccc(NC(=O)c4ccc(C(C)(C)C)cc4)cc3o2)cc1. The smallest absolute Gasteiger partial charge is 0.255 e. The number of fused-ring (bicyclic) bond motifs is 1. The van der Waals surface area contributed by atoms with Crippen LogP contribution in [-0.2, 0) is 5.41 Å². The highest BCUT2D eigenvalue weighted by Crippen LogP contribution is 2.26. The molecule has 0 atom stereocenters. The molecule has 3 aromatic carbocycles. The Labute approximate surface area is 186 Å². The molecular formula is C27H25NO4. The summed E-state index contributed by atoms with van der Waals surface area (Å²) in [6.07, 6.45) is 0. The van der Waals surface area contributed by atoms with Crippen molar-refractivity contribution in [2.75, 3.05) is 12.4 Å². The summed E-state index contributed by atoms with van der Waals surface area (Å²) in [4.78, 5) is 25.3. The number of carbonyl (C=O) groups is 1. The number of nitrogens with one attached hydrogen (secondary N) is 1. The largest absolute Gasteiger partial charge is 0.497 e. The molecule has 0 fully saturated rings. The number of benzene rings is 3. The van der Waals surface area contributed by atoms with Gasteiger partial charge in [0.25, 0.3) is 5.91 Å². The Kier molecular flexibility index (Phi) is 5.57. The van der Waals surface area contributed by atoms with Gasteiger partial charge in [0.15, 0.2) is 5.43 Å². The number of methoxy groups -OCH3 is 1. The maximum absolute atomic E-state index is 12.7. The zero-order valence-electron chi connectivity index (χ0n) is 18.6. The van der Waals surface area contributed by atoms with Crippen molar-refractivity contribution in [3.05, 3.63) is 94.1 Å². The van der Waals surface area contributed by atoms with E-state index in [0.29, 0.717) is 28.0 Å². The van der Waals surface area contributed by atoms with Crippen molar-refractivity contribution >= 4 is 22.6 Å². The van der Waals surface area contributed by atoms with E-state index in [1.165, 1.54) is 6.07 Å². The summed E-state index contributed by atoms with van der Waals surface area (Å²) in [6, 6.07) is 21.4. The zero-order chi connectivity index (χ0) is 22.9. The van der Waals surface area contributed by atoms with Crippen LogP contribution >= 0.6 is 0 Å². The predicted octanol–water partition coefficient (Wildman–Crippen LogP) is 6.02. The van der Waals surface area contributed by atoms with E-state index in [9.17, 15) is 9.59 Å². The molecule has 0 saturated carbocycles. The predicted molar refractivity (Wildman–Crippen MR) is 128 cm³/mol. The minimum absolute atomic E-state index is 0.0203. The van der Waals surface area contributed by atoms with Gasteiger partial charge < -0.3 is 14.5 Å². The summed E-state index contributed by atoms with van der Waals surface area (Å²) >= 11 is 0. The van der Waals surface area contributed by atoms with Gasteiger partial charge in [-0.05, 0) is 59.5 Å². The third-order valence-electron chi connectivity index (χ3n) is 5.37. The van der Waals surface area contributed by atoms with Gasteiger partial charge in [-0.1, -0.05) is 32.9 Å². The summed E-state index contributed by atoms with van der Waals surface area (Å²) in [5, 5.41) is 3.34. The van der Waals surface area contributed by atoms with Crippen LogP contribution in [0.5, 0.6) is 5.75 Å². The van der Waals surface area contributed by atoms with Gasteiger partial charge in [-0.2, -0.15) is 0 Å². The lowest BCUT2D eigenvalue weighted by molar-refractivity contribution is 0.102. The van der Waals surface area contributed by atoms with Gasteiger partial charge in [0.2, 0.25) is 0 Å². The topological polar surface area (TPSA) is 68.5 Å². The molecule has 0 aliphatic rings. The Morgan fingerprint density at radius 1 is 0.906 bits per heavy atom. The van der Waals surface area contributed by atoms with Crippen LogP contribution in [0.3, 0.4) is 0 Å². The van der Waals surface area contributed by atoms with Crippen molar-refractivity contribution in [2.45, 2.75) is 26.2 Å². The minimum Gasteiger partial charge on any atom is -0.497 e. The van der Waals surface area contributed by atoms with Gasteiger partial charge in [-0.15, -0.1) is 0 Å². The van der Waals surface area contributed by atoms with Crippen molar-refractivity contribution in [2.24, 2.45) is 0 Å². The molecular weight excluding hydrogens is 402 g/mol. The van der Waals surface area contributed by atoms with Crippen LogP contribution in [-0.4, -0.2) is 13.0 Å². The summed E-state index contributed by atoms with van der Waals surface area (Å²) in [5.74, 6) is 0.947. The molecule has 0 saturated heterocycles. The summed E-state index contributed by atoms with van der Waals surface area (Å²) < 4.78 is 11.2. The summed E-state index contributed by atoms with van der Waals surface area (Å²) in [7, 11) is 1.60. The highest BCUT2D eigenvalue weighted by molar-refractivity contribution is 6.05. The van der Waals surface area contributed by atoms with Gasteiger partial charge in [0.1, 0.15) is 17.1 Å². The first-order valence-corrected chi connectivity index (χ1v) is 10.4. The van der Waals surface area contributed by atoms with Crippen molar-refractivity contribution in [1.29, 1.82) is 0 Å². The lowest BCUT2D eigenvalue weighted by Gasteiger charge is -2.19. The standard InChI is InChI=1S/C27H25NO4/c1-27(2,3)19-9-5-18(6-10-19)26(30)28-20-11-14-22-23(29)16-24(32-25(22)15-20)17-7-12-21(31-4)13-8-17/h5-16H,1-4H3,(H,28,30). The number of rotatable bonds is 4. The summed E-state index contributed by atoms with van der Waals surface area (Å²) in [5.41, 5.74) is 3.32. The first-order chi connectivity index (χ1) is 15.2. The van der Waals surface area contributed by atoms with Crippen molar-refractivity contribution < 1.29 is 13.9 Å². The van der Waals surface area contributed by atoms with Gasteiger partial charge in [0, 0.05) is 28.9 Å². The fourth-order valence-corrected chi connectivity index (χ4v) is 3.46. The van der Waals surface area contributed by atoms with E-state index in [2.05, 4.69) is 26.1 Å². The zero-order valence-corrected chi connectivity index (χ0v) is 18.6. The number of carbonyl (C=O) groups excluding carboxylic acids is 1. The van der Waals surface area contributed by atoms with E-state index in [-0.39, 0.29) is 16.8 Å². The Balaban J connectivity index is 1.62. The van der Waals surface area contributed by atoms with Crippen LogP contribution < -0.4 is 15.5 Å². The molecule has 4 aromatic rings. The van der Waals surface area contributed by atoms with Crippen molar-refractivity contribution in [3.8, 4) is 17.1 Å². The molecule has 0 radical (unpaired) electrons. The molecule has 0 aliphatic carbocycles. The molecule has 1 N–H and O–H groups in total. The summed E-state index contributed by atoms with van der Waals surface area (Å²) in [6.45, 7) is 6.39. The number of ether oxygens (including phenoxy) is 1. The van der Waals surface area contributed by atoms with Gasteiger partial charge in [-0.3, -0.25) is 9.59 Å². The second-order valence-corrected chi connectivity index (χ2v) is 8.70. The Morgan fingerprint density at radius 3 is 2.22 bits per heavy atom. The van der Waals surface area contributed by atoms with Crippen molar-refractivity contribution in [3.63, 3.8) is 0 Å². The maximum atomic E-state index is 12.7. The molecule has 0 spiro atoms. The number of anilines is 1. The number of hydrogen-bond acceptors (Lipinski definition) is 4. The second-order valence-electron chi connectivity index (χ2n) is 8.70. The molecule has 32 heavy (non-hydrogen) atoms. The number of amides is 1. The van der Waals surface area contributed by atoms with Crippen LogP contribution in [0, 0.1) is 0 Å². The van der Waals surface area contributed by atoms with E-state index in [4.69, 9.17) is 9.15 Å². The average Bonchev–Trinajstić information content (AvgIpc) is 2.78. The molecule has 1 amide bonds. The van der Waals surface area contributed by atoms with Crippen LogP contribution in [0.4, 0.5) is 5.69 Å². The normalized spacial score (nSPS) is 11.4. The quantitative estimate of drug-likeness (QED) is 0.432. The van der Waals surface area contributed by atoms with Crippen molar-refractivity contribution in [1.82, 2.24) is 0 Å². The lowest BCUT2D eigenvalue weighted by Crippen LogP contribution is -2.14. The van der Waals surface area contributed by atoms with E-state index < -0.39 is 0 Å². The van der Waals surface area contributed by atoms with Gasteiger partial charge in [-0.25, -0.2) is 0 Å². The molecule has 5 heteroatoms. The number of hydrogen-bond donors (Lipinski definition) is 1. The van der Waals surface area contributed by atoms with E-state index in [1.54, 1.807) is 37.4 Å². The molecule has 5 nitrogen and oxygen atoms in total. The fraction of sp³-hybridized carbons (Fsp3) is 0.185. The van der Waals surface area contributed by atoms with Crippen LogP contribution in [0.25, 0.3) is 22.3 Å². The molecule has 4 rings (SSSR count). The molecule has 0 unspecified atom stereocenters. The van der Waals surface area contributed by atoms with Gasteiger partial charge in [0.05, 0.1) is 12.5 Å². The van der Waals surface area contributed by atoms with Gasteiger partial charge >= 0.3 is 0 Å². The monoisotopic (exact) mass is 427 g/mol. The Morgan fingerprint density at radius 2 is 1.59 bits per heavy atom. The molecule has 1 aromatic heterocycles. The fourth-order valence-electron chi connectivity index (χ4n) is 3.46. The first kappa shape index (κ1) is 21.4. The van der Waals surface area contributed by atoms with E-state index >= 15 is 0 Å². The highest BCUT2D eigenvalue weighted by atomic mass is 16.5.